The fraction of sp³-hybridized carbons (Fsp3) is 0.615. The Labute approximate surface area is 106 Å². The number of hydrogen-bond acceptors (Lipinski definition) is 4. The van der Waals surface area contributed by atoms with Crippen LogP contribution in [0.2, 0.25) is 0 Å². The monoisotopic (exact) mass is 245 g/mol. The number of aryl methyl sites for hydroxylation is 2. The van der Waals surface area contributed by atoms with Crippen LogP contribution in [0, 0.1) is 19.3 Å². The maximum atomic E-state index is 5.92. The molecule has 0 unspecified atom stereocenters. The predicted molar refractivity (Wildman–Crippen MR) is 69.3 cm³/mol. The lowest BCUT2D eigenvalue weighted by Gasteiger charge is -2.40. The van der Waals surface area contributed by atoms with E-state index in [1.807, 2.05) is 19.9 Å². The summed E-state index contributed by atoms with van der Waals surface area (Å²) in [4.78, 5) is 4.49. The van der Waals surface area contributed by atoms with Crippen molar-refractivity contribution < 1.29 is 0 Å². The van der Waals surface area contributed by atoms with E-state index in [-0.39, 0.29) is 5.41 Å². The fourth-order valence-electron chi connectivity index (χ4n) is 2.88. The van der Waals surface area contributed by atoms with Crippen molar-refractivity contribution in [1.82, 2.24) is 19.6 Å². The SMILES string of the molecule is Cc1cc2nnc(CC3(CN)CCC3)n2c(C)n1. The van der Waals surface area contributed by atoms with Gasteiger partial charge in [-0.3, -0.25) is 4.40 Å². The van der Waals surface area contributed by atoms with Crippen LogP contribution in [0.3, 0.4) is 0 Å². The zero-order valence-corrected chi connectivity index (χ0v) is 11.0. The van der Waals surface area contributed by atoms with Crippen molar-refractivity contribution in [2.45, 2.75) is 39.5 Å². The molecule has 2 N–H and O–H groups in total. The van der Waals surface area contributed by atoms with Crippen LogP contribution in [0.5, 0.6) is 0 Å². The van der Waals surface area contributed by atoms with Gasteiger partial charge in [0.15, 0.2) is 5.65 Å². The van der Waals surface area contributed by atoms with Crippen LogP contribution >= 0.6 is 0 Å². The largest absolute Gasteiger partial charge is 0.330 e. The number of hydrogen-bond donors (Lipinski definition) is 1. The van der Waals surface area contributed by atoms with E-state index in [2.05, 4.69) is 19.6 Å². The average molecular weight is 245 g/mol. The van der Waals surface area contributed by atoms with Crippen molar-refractivity contribution in [2.75, 3.05) is 6.54 Å². The first kappa shape index (κ1) is 11.6. The lowest BCUT2D eigenvalue weighted by atomic mass is 9.66. The minimum absolute atomic E-state index is 0.250. The molecule has 3 rings (SSSR count). The summed E-state index contributed by atoms with van der Waals surface area (Å²) in [7, 11) is 0. The fourth-order valence-corrected chi connectivity index (χ4v) is 2.88. The summed E-state index contributed by atoms with van der Waals surface area (Å²) in [6, 6.07) is 1.97. The highest BCUT2D eigenvalue weighted by atomic mass is 15.3. The first-order valence-corrected chi connectivity index (χ1v) is 6.52. The van der Waals surface area contributed by atoms with Crippen LogP contribution in [0.15, 0.2) is 6.07 Å². The van der Waals surface area contributed by atoms with Gasteiger partial charge in [-0.05, 0) is 38.6 Å². The van der Waals surface area contributed by atoms with Crippen LogP contribution in [-0.4, -0.2) is 26.1 Å². The van der Waals surface area contributed by atoms with Crippen LogP contribution in [0.25, 0.3) is 5.65 Å². The molecular formula is C13H19N5. The molecule has 1 aliphatic carbocycles. The van der Waals surface area contributed by atoms with Gasteiger partial charge in [0, 0.05) is 18.2 Å². The van der Waals surface area contributed by atoms with Gasteiger partial charge in [0.1, 0.15) is 11.6 Å². The summed E-state index contributed by atoms with van der Waals surface area (Å²) in [5.41, 5.74) is 8.04. The first-order valence-electron chi connectivity index (χ1n) is 6.52. The molecule has 0 atom stereocenters. The summed E-state index contributed by atoms with van der Waals surface area (Å²) in [6.07, 6.45) is 4.61. The molecule has 2 aromatic rings. The molecule has 5 nitrogen and oxygen atoms in total. The highest BCUT2D eigenvalue weighted by Crippen LogP contribution is 2.42. The molecule has 0 aliphatic heterocycles. The second kappa shape index (κ2) is 4.02. The molecule has 0 amide bonds. The molecule has 1 aliphatic rings. The third kappa shape index (κ3) is 1.70. The summed E-state index contributed by atoms with van der Waals surface area (Å²) < 4.78 is 2.06. The normalized spacial score (nSPS) is 17.9. The number of aromatic nitrogens is 4. The minimum atomic E-state index is 0.250. The highest BCUT2D eigenvalue weighted by molar-refractivity contribution is 5.40. The van der Waals surface area contributed by atoms with Crippen molar-refractivity contribution in [1.29, 1.82) is 0 Å². The van der Waals surface area contributed by atoms with Gasteiger partial charge in [0.2, 0.25) is 0 Å². The summed E-state index contributed by atoms with van der Waals surface area (Å²) in [5, 5.41) is 8.58. The summed E-state index contributed by atoms with van der Waals surface area (Å²) in [5.74, 6) is 1.96. The number of nitrogens with two attached hydrogens (primary N) is 1. The van der Waals surface area contributed by atoms with E-state index in [4.69, 9.17) is 5.73 Å². The van der Waals surface area contributed by atoms with Crippen molar-refractivity contribution in [3.8, 4) is 0 Å². The third-order valence-corrected chi connectivity index (χ3v) is 4.14. The average Bonchev–Trinajstić information content (AvgIpc) is 2.66. The van der Waals surface area contributed by atoms with Gasteiger partial charge < -0.3 is 5.73 Å². The number of rotatable bonds is 3. The molecule has 0 saturated heterocycles. The van der Waals surface area contributed by atoms with E-state index >= 15 is 0 Å². The van der Waals surface area contributed by atoms with Crippen LogP contribution in [0.4, 0.5) is 0 Å². The van der Waals surface area contributed by atoms with Crippen molar-refractivity contribution in [3.63, 3.8) is 0 Å². The van der Waals surface area contributed by atoms with E-state index in [1.54, 1.807) is 0 Å². The molecule has 1 saturated carbocycles. The van der Waals surface area contributed by atoms with Gasteiger partial charge >= 0.3 is 0 Å². The van der Waals surface area contributed by atoms with Crippen molar-refractivity contribution >= 4 is 5.65 Å². The Balaban J connectivity index is 2.02. The highest BCUT2D eigenvalue weighted by Gasteiger charge is 2.37. The van der Waals surface area contributed by atoms with E-state index in [0.717, 1.165) is 36.0 Å². The quantitative estimate of drug-likeness (QED) is 0.887. The lowest BCUT2D eigenvalue weighted by molar-refractivity contribution is 0.141. The molecule has 96 valence electrons. The lowest BCUT2D eigenvalue weighted by Crippen LogP contribution is -2.39. The van der Waals surface area contributed by atoms with E-state index in [0.29, 0.717) is 0 Å². The van der Waals surface area contributed by atoms with Gasteiger partial charge in [-0.15, -0.1) is 10.2 Å². The van der Waals surface area contributed by atoms with Gasteiger partial charge in [-0.25, -0.2) is 4.98 Å². The Morgan fingerprint density at radius 2 is 2.11 bits per heavy atom. The van der Waals surface area contributed by atoms with Gasteiger partial charge in [0.25, 0.3) is 0 Å². The first-order chi connectivity index (χ1) is 8.63. The van der Waals surface area contributed by atoms with E-state index in [1.165, 1.54) is 19.3 Å². The van der Waals surface area contributed by atoms with E-state index in [9.17, 15) is 0 Å². The molecule has 5 heteroatoms. The van der Waals surface area contributed by atoms with Crippen LogP contribution in [0.1, 0.15) is 36.6 Å². The molecule has 2 aromatic heterocycles. The Bertz CT molecular complexity index is 577. The number of fused-ring (bicyclic) bond motifs is 1. The molecule has 2 heterocycles. The Morgan fingerprint density at radius 1 is 1.33 bits per heavy atom. The zero-order valence-electron chi connectivity index (χ0n) is 11.0. The standard InChI is InChI=1S/C13H19N5/c1-9-6-11-16-17-12(18(11)10(2)15-9)7-13(8-14)4-3-5-13/h6H,3-5,7-8,14H2,1-2H3. The molecule has 18 heavy (non-hydrogen) atoms. The second-order valence-corrected chi connectivity index (χ2v) is 5.49. The molecule has 1 fully saturated rings. The third-order valence-electron chi connectivity index (χ3n) is 4.14. The Morgan fingerprint density at radius 3 is 2.72 bits per heavy atom. The molecule has 0 spiro atoms. The van der Waals surface area contributed by atoms with E-state index < -0.39 is 0 Å². The van der Waals surface area contributed by atoms with Crippen LogP contribution in [-0.2, 0) is 6.42 Å². The van der Waals surface area contributed by atoms with Gasteiger partial charge in [-0.2, -0.15) is 0 Å². The minimum Gasteiger partial charge on any atom is -0.330 e. The smallest absolute Gasteiger partial charge is 0.164 e. The number of nitrogens with zero attached hydrogens (tertiary/aromatic N) is 4. The maximum absolute atomic E-state index is 5.92. The Kier molecular flexibility index (Phi) is 2.59. The van der Waals surface area contributed by atoms with Gasteiger partial charge in [0.05, 0.1) is 0 Å². The Hall–Kier alpha value is -1.49. The summed E-state index contributed by atoms with van der Waals surface area (Å²) in [6.45, 7) is 4.72. The van der Waals surface area contributed by atoms with Crippen LogP contribution < -0.4 is 5.73 Å². The summed E-state index contributed by atoms with van der Waals surface area (Å²) >= 11 is 0. The predicted octanol–water partition coefficient (Wildman–Crippen LogP) is 1.41. The zero-order chi connectivity index (χ0) is 12.8. The topological polar surface area (TPSA) is 69.1 Å². The maximum Gasteiger partial charge on any atom is 0.164 e. The molecular weight excluding hydrogens is 226 g/mol. The second-order valence-electron chi connectivity index (χ2n) is 5.49. The molecule has 0 radical (unpaired) electrons. The molecule has 0 bridgehead atoms. The van der Waals surface area contributed by atoms with Crippen molar-refractivity contribution in [2.24, 2.45) is 11.1 Å². The molecule has 0 aromatic carbocycles. The van der Waals surface area contributed by atoms with Crippen molar-refractivity contribution in [3.05, 3.63) is 23.4 Å². The van der Waals surface area contributed by atoms with Gasteiger partial charge in [-0.1, -0.05) is 6.42 Å².